The molecule has 28 heavy (non-hydrogen) atoms. The number of alkyl halides is 3. The highest BCUT2D eigenvalue weighted by molar-refractivity contribution is 7.98. The van der Waals surface area contributed by atoms with E-state index in [-0.39, 0.29) is 16.7 Å². The van der Waals surface area contributed by atoms with Crippen molar-refractivity contribution in [3.8, 4) is 0 Å². The molecule has 0 radical (unpaired) electrons. The van der Waals surface area contributed by atoms with Crippen LogP contribution in [0.5, 0.6) is 0 Å². The zero-order chi connectivity index (χ0) is 20.3. The molecule has 0 aliphatic rings. The number of esters is 1. The van der Waals surface area contributed by atoms with Crippen molar-refractivity contribution in [2.45, 2.75) is 24.1 Å². The maximum Gasteiger partial charge on any atom is 0.453 e. The number of carbonyl (C=O) groups is 1. The molecule has 0 aliphatic heterocycles. The fourth-order valence-corrected chi connectivity index (χ4v) is 3.56. The lowest BCUT2D eigenvalue weighted by atomic mass is 10.3. The number of methoxy groups -OCH3 is 1. The molecule has 0 aromatic carbocycles. The zero-order valence-electron chi connectivity index (χ0n) is 14.5. The van der Waals surface area contributed by atoms with Crippen molar-refractivity contribution >= 4 is 35.3 Å². The lowest BCUT2D eigenvalue weighted by Gasteiger charge is -2.06. The van der Waals surface area contributed by atoms with Gasteiger partial charge in [0.05, 0.1) is 24.1 Å². The summed E-state index contributed by atoms with van der Waals surface area (Å²) < 4.78 is 46.3. The normalized spacial score (nSPS) is 12.0. The Morgan fingerprint density at radius 2 is 2.18 bits per heavy atom. The van der Waals surface area contributed by atoms with Gasteiger partial charge < -0.3 is 4.74 Å². The molecule has 0 unspecified atom stereocenters. The molecular formula is C15H13F3N6O2S2. The number of aryl methyl sites for hydroxylation is 1. The first-order valence-electron chi connectivity index (χ1n) is 7.65. The molecule has 3 rings (SSSR count). The van der Waals surface area contributed by atoms with Crippen LogP contribution in [0.4, 0.5) is 13.2 Å². The van der Waals surface area contributed by atoms with Crippen LogP contribution in [0.2, 0.25) is 0 Å². The monoisotopic (exact) mass is 430 g/mol. The smallest absolute Gasteiger partial charge is 0.453 e. The largest absolute Gasteiger partial charge is 0.464 e. The van der Waals surface area contributed by atoms with Gasteiger partial charge in [-0.25, -0.2) is 4.79 Å². The minimum Gasteiger partial charge on any atom is -0.464 e. The molecule has 0 saturated carbocycles. The molecule has 3 aromatic heterocycles. The summed E-state index contributed by atoms with van der Waals surface area (Å²) in [7, 11) is 1.23. The van der Waals surface area contributed by atoms with Gasteiger partial charge in [-0.05, 0) is 30.0 Å². The highest BCUT2D eigenvalue weighted by atomic mass is 32.2. The molecular weight excluding hydrogens is 417 g/mol. The quantitative estimate of drug-likeness (QED) is 0.339. The Labute approximate surface area is 165 Å². The first kappa shape index (κ1) is 20.1. The van der Waals surface area contributed by atoms with Gasteiger partial charge in [0.25, 0.3) is 5.82 Å². The van der Waals surface area contributed by atoms with E-state index in [1.54, 1.807) is 0 Å². The molecule has 0 aliphatic carbocycles. The van der Waals surface area contributed by atoms with E-state index >= 15 is 0 Å². The van der Waals surface area contributed by atoms with Gasteiger partial charge in [-0.3, -0.25) is 4.68 Å². The predicted octanol–water partition coefficient (Wildman–Crippen LogP) is 3.28. The maximum atomic E-state index is 13.2. The lowest BCUT2D eigenvalue weighted by Crippen LogP contribution is -2.13. The van der Waals surface area contributed by atoms with Crippen LogP contribution < -0.4 is 0 Å². The van der Waals surface area contributed by atoms with E-state index in [2.05, 4.69) is 25.1 Å². The van der Waals surface area contributed by atoms with Crippen LogP contribution in [-0.2, 0) is 16.8 Å². The first-order chi connectivity index (χ1) is 13.3. The second-order valence-corrected chi connectivity index (χ2v) is 7.19. The van der Waals surface area contributed by atoms with Crippen molar-refractivity contribution in [3.05, 3.63) is 45.7 Å². The van der Waals surface area contributed by atoms with Crippen LogP contribution in [0.3, 0.4) is 0 Å². The van der Waals surface area contributed by atoms with Gasteiger partial charge in [0.15, 0.2) is 5.69 Å². The van der Waals surface area contributed by atoms with Gasteiger partial charge >= 0.3 is 12.1 Å². The topological polar surface area (TPSA) is 87.2 Å². The number of hydrogen-bond donors (Lipinski definition) is 0. The van der Waals surface area contributed by atoms with Crippen LogP contribution in [0.1, 0.15) is 26.8 Å². The summed E-state index contributed by atoms with van der Waals surface area (Å²) in [5, 5.41) is 16.5. The Morgan fingerprint density at radius 3 is 2.82 bits per heavy atom. The van der Waals surface area contributed by atoms with E-state index in [1.807, 2.05) is 18.4 Å². The van der Waals surface area contributed by atoms with Crippen LogP contribution in [0.15, 0.2) is 34.0 Å². The van der Waals surface area contributed by atoms with Crippen molar-refractivity contribution in [3.63, 3.8) is 0 Å². The third kappa shape index (κ3) is 4.42. The Hall–Kier alpha value is -2.67. The number of thiophene rings is 1. The van der Waals surface area contributed by atoms with E-state index in [0.29, 0.717) is 4.68 Å². The van der Waals surface area contributed by atoms with E-state index < -0.39 is 18.0 Å². The molecule has 148 valence electrons. The molecule has 13 heteroatoms. The standard InChI is InChI=1S/C15H13F3N6O2S2/c1-9-4-6-27-11(9)7-19-24-13(15(16,17)18)20-21-14(24)28-8-23-5-3-10(22-23)12(25)26-2/h3-7H,8H2,1-2H3. The minimum absolute atomic E-state index is 0.0621. The second-order valence-electron chi connectivity index (χ2n) is 5.33. The summed E-state index contributed by atoms with van der Waals surface area (Å²) in [6, 6.07) is 3.28. The van der Waals surface area contributed by atoms with Gasteiger partial charge in [-0.1, -0.05) is 11.8 Å². The van der Waals surface area contributed by atoms with Crippen molar-refractivity contribution < 1.29 is 22.7 Å². The molecule has 0 bridgehead atoms. The maximum absolute atomic E-state index is 13.2. The van der Waals surface area contributed by atoms with Gasteiger partial charge in [0.2, 0.25) is 5.16 Å². The minimum atomic E-state index is -4.71. The van der Waals surface area contributed by atoms with Gasteiger partial charge in [0, 0.05) is 6.20 Å². The molecule has 0 N–H and O–H groups in total. The van der Waals surface area contributed by atoms with Gasteiger partial charge in [-0.2, -0.15) is 28.0 Å². The number of thioether (sulfide) groups is 1. The molecule has 0 atom stereocenters. The Morgan fingerprint density at radius 1 is 1.39 bits per heavy atom. The fraction of sp³-hybridized carbons (Fsp3) is 0.267. The SMILES string of the molecule is COC(=O)c1ccn(CSc2nnc(C(F)(F)F)n2N=Cc2sccc2C)n1. The molecule has 0 spiro atoms. The number of carbonyl (C=O) groups excluding carboxylic acids is 1. The molecule has 0 fully saturated rings. The third-order valence-electron chi connectivity index (χ3n) is 3.42. The highest BCUT2D eigenvalue weighted by Gasteiger charge is 2.39. The second kappa shape index (κ2) is 8.14. The van der Waals surface area contributed by atoms with Crippen LogP contribution in [0, 0.1) is 6.92 Å². The van der Waals surface area contributed by atoms with Crippen LogP contribution in [-0.4, -0.2) is 43.9 Å². The molecule has 3 aromatic rings. The Balaban J connectivity index is 1.83. The summed E-state index contributed by atoms with van der Waals surface area (Å²) in [5.74, 6) is -1.74. The van der Waals surface area contributed by atoms with Crippen LogP contribution in [0.25, 0.3) is 0 Å². The molecule has 3 heterocycles. The third-order valence-corrected chi connectivity index (χ3v) is 5.28. The number of rotatable bonds is 6. The van der Waals surface area contributed by atoms with E-state index in [4.69, 9.17) is 0 Å². The number of ether oxygens (including phenoxy) is 1. The lowest BCUT2D eigenvalue weighted by molar-refractivity contribution is -0.147. The average molecular weight is 430 g/mol. The number of aromatic nitrogens is 5. The van der Waals surface area contributed by atoms with Crippen LogP contribution >= 0.6 is 23.1 Å². The van der Waals surface area contributed by atoms with E-state index in [0.717, 1.165) is 22.2 Å². The summed E-state index contributed by atoms with van der Waals surface area (Å²) >= 11 is 2.30. The molecule has 0 saturated heterocycles. The molecule has 8 nitrogen and oxygen atoms in total. The van der Waals surface area contributed by atoms with E-state index in [1.165, 1.54) is 41.6 Å². The summed E-state index contributed by atoms with van der Waals surface area (Å²) in [4.78, 5) is 12.1. The molecule has 0 amide bonds. The van der Waals surface area contributed by atoms with Gasteiger partial charge in [0.1, 0.15) is 0 Å². The van der Waals surface area contributed by atoms with Crippen molar-refractivity contribution in [2.24, 2.45) is 5.10 Å². The average Bonchev–Trinajstić information content (AvgIpc) is 3.36. The number of nitrogens with zero attached hydrogens (tertiary/aromatic N) is 6. The fourth-order valence-electron chi connectivity index (χ4n) is 2.03. The number of halogens is 3. The van der Waals surface area contributed by atoms with Crippen molar-refractivity contribution in [1.29, 1.82) is 0 Å². The number of hydrogen-bond acceptors (Lipinski definition) is 8. The van der Waals surface area contributed by atoms with Gasteiger partial charge in [-0.15, -0.1) is 21.5 Å². The first-order valence-corrected chi connectivity index (χ1v) is 9.51. The van der Waals surface area contributed by atoms with Crippen molar-refractivity contribution in [2.75, 3.05) is 7.11 Å². The zero-order valence-corrected chi connectivity index (χ0v) is 16.2. The Kier molecular flexibility index (Phi) is 5.84. The summed E-state index contributed by atoms with van der Waals surface area (Å²) in [6.45, 7) is 1.83. The van der Waals surface area contributed by atoms with E-state index in [9.17, 15) is 18.0 Å². The highest BCUT2D eigenvalue weighted by Crippen LogP contribution is 2.31. The summed E-state index contributed by atoms with van der Waals surface area (Å²) in [6.07, 6.45) is -1.87. The summed E-state index contributed by atoms with van der Waals surface area (Å²) in [5.41, 5.74) is 0.989. The van der Waals surface area contributed by atoms with Crippen molar-refractivity contribution in [1.82, 2.24) is 24.7 Å². The predicted molar refractivity (Wildman–Crippen MR) is 96.5 cm³/mol. The Bertz CT molecular complexity index is 1010.